The Labute approximate surface area is 109 Å². The van der Waals surface area contributed by atoms with Crippen LogP contribution in [0.4, 0.5) is 8.78 Å². The number of hydrogen-bond donors (Lipinski definition) is 0. The van der Waals surface area contributed by atoms with E-state index in [1.807, 2.05) is 0 Å². The van der Waals surface area contributed by atoms with Gasteiger partial charge >= 0.3 is 0 Å². The molecule has 0 amide bonds. The van der Waals surface area contributed by atoms with Gasteiger partial charge in [-0.15, -0.1) is 10.2 Å². The van der Waals surface area contributed by atoms with E-state index >= 15 is 0 Å². The lowest BCUT2D eigenvalue weighted by atomic mass is 10.1. The SMILES string of the molecule is Cc1nnc([C@H]2CCOC2)n1-c1c(F)cccc1F. The number of rotatable bonds is 2. The summed E-state index contributed by atoms with van der Waals surface area (Å²) in [5.41, 5.74) is -0.119. The molecule has 2 aromatic rings. The van der Waals surface area contributed by atoms with Gasteiger partial charge in [0, 0.05) is 12.5 Å². The molecule has 0 aliphatic carbocycles. The standard InChI is InChI=1S/C13H13F2N3O/c1-8-16-17-13(9-5-6-19-7-9)18(8)12-10(14)3-2-4-11(12)15/h2-4,9H,5-7H2,1H3/t9-/m0/s1. The lowest BCUT2D eigenvalue weighted by Crippen LogP contribution is -2.12. The molecule has 1 aromatic carbocycles. The van der Waals surface area contributed by atoms with Gasteiger partial charge in [-0.25, -0.2) is 8.78 Å². The number of para-hydroxylation sites is 1. The number of nitrogens with zero attached hydrogens (tertiary/aromatic N) is 3. The Kier molecular flexibility index (Phi) is 3.02. The molecule has 19 heavy (non-hydrogen) atoms. The van der Waals surface area contributed by atoms with Gasteiger partial charge in [-0.1, -0.05) is 6.07 Å². The smallest absolute Gasteiger partial charge is 0.150 e. The fraction of sp³-hybridized carbons (Fsp3) is 0.385. The van der Waals surface area contributed by atoms with Gasteiger partial charge in [0.2, 0.25) is 0 Å². The van der Waals surface area contributed by atoms with Gasteiger partial charge in [0.15, 0.2) is 0 Å². The minimum absolute atomic E-state index is 0.0280. The van der Waals surface area contributed by atoms with E-state index in [2.05, 4.69) is 10.2 Å². The molecule has 0 bridgehead atoms. The zero-order valence-corrected chi connectivity index (χ0v) is 10.4. The Balaban J connectivity index is 2.16. The maximum absolute atomic E-state index is 13.9. The Bertz CT molecular complexity index is 586. The lowest BCUT2D eigenvalue weighted by molar-refractivity contribution is 0.193. The van der Waals surface area contributed by atoms with Crippen LogP contribution in [0.5, 0.6) is 0 Å². The van der Waals surface area contributed by atoms with Crippen LogP contribution >= 0.6 is 0 Å². The van der Waals surface area contributed by atoms with Crippen LogP contribution in [0.1, 0.15) is 24.0 Å². The largest absolute Gasteiger partial charge is 0.381 e. The van der Waals surface area contributed by atoms with E-state index in [9.17, 15) is 8.78 Å². The molecular formula is C13H13F2N3O. The first-order valence-corrected chi connectivity index (χ1v) is 6.12. The van der Waals surface area contributed by atoms with Crippen molar-refractivity contribution in [1.82, 2.24) is 14.8 Å². The van der Waals surface area contributed by atoms with E-state index in [-0.39, 0.29) is 11.6 Å². The Morgan fingerprint density at radius 2 is 2.00 bits per heavy atom. The van der Waals surface area contributed by atoms with E-state index in [0.717, 1.165) is 6.42 Å². The maximum atomic E-state index is 13.9. The van der Waals surface area contributed by atoms with Crippen molar-refractivity contribution in [3.63, 3.8) is 0 Å². The molecule has 100 valence electrons. The molecule has 0 radical (unpaired) electrons. The normalized spacial score (nSPS) is 19.0. The molecule has 0 N–H and O–H groups in total. The second-order valence-corrected chi connectivity index (χ2v) is 4.57. The number of aryl methyl sites for hydroxylation is 1. The molecule has 1 atom stereocenters. The van der Waals surface area contributed by atoms with Crippen LogP contribution in [0.2, 0.25) is 0 Å². The van der Waals surface area contributed by atoms with Crippen LogP contribution in [-0.2, 0) is 4.74 Å². The molecule has 1 saturated heterocycles. The highest BCUT2D eigenvalue weighted by atomic mass is 19.1. The Hall–Kier alpha value is -1.82. The van der Waals surface area contributed by atoms with Crippen LogP contribution in [0, 0.1) is 18.6 Å². The van der Waals surface area contributed by atoms with Crippen molar-refractivity contribution in [2.24, 2.45) is 0 Å². The fourth-order valence-corrected chi connectivity index (χ4v) is 2.36. The molecule has 1 aliphatic rings. The molecule has 2 heterocycles. The average Bonchev–Trinajstić information content (AvgIpc) is 2.99. The highest BCUT2D eigenvalue weighted by Gasteiger charge is 2.27. The molecule has 0 spiro atoms. The van der Waals surface area contributed by atoms with Crippen LogP contribution in [0.3, 0.4) is 0 Å². The highest BCUT2D eigenvalue weighted by molar-refractivity contribution is 5.38. The van der Waals surface area contributed by atoms with E-state index < -0.39 is 11.6 Å². The maximum Gasteiger partial charge on any atom is 0.150 e. The van der Waals surface area contributed by atoms with E-state index in [1.165, 1.54) is 22.8 Å². The van der Waals surface area contributed by atoms with Crippen molar-refractivity contribution in [3.05, 3.63) is 41.5 Å². The van der Waals surface area contributed by atoms with E-state index in [4.69, 9.17) is 4.74 Å². The number of benzene rings is 1. The highest BCUT2D eigenvalue weighted by Crippen LogP contribution is 2.28. The fourth-order valence-electron chi connectivity index (χ4n) is 2.36. The zero-order valence-electron chi connectivity index (χ0n) is 10.4. The average molecular weight is 265 g/mol. The molecule has 3 rings (SSSR count). The third-order valence-electron chi connectivity index (χ3n) is 3.31. The summed E-state index contributed by atoms with van der Waals surface area (Å²) in [6.07, 6.45) is 0.786. The molecule has 6 heteroatoms. The lowest BCUT2D eigenvalue weighted by Gasteiger charge is -2.13. The quantitative estimate of drug-likeness (QED) is 0.836. The Morgan fingerprint density at radius 1 is 1.26 bits per heavy atom. The van der Waals surface area contributed by atoms with Crippen LogP contribution in [0.15, 0.2) is 18.2 Å². The number of ether oxygens (including phenoxy) is 1. The monoisotopic (exact) mass is 265 g/mol. The van der Waals surface area contributed by atoms with Gasteiger partial charge in [0.05, 0.1) is 6.61 Å². The third kappa shape index (κ3) is 2.02. The van der Waals surface area contributed by atoms with E-state index in [1.54, 1.807) is 6.92 Å². The molecule has 0 saturated carbocycles. The van der Waals surface area contributed by atoms with Crippen molar-refractivity contribution in [2.75, 3.05) is 13.2 Å². The zero-order chi connectivity index (χ0) is 13.4. The first-order chi connectivity index (χ1) is 9.18. The van der Waals surface area contributed by atoms with Crippen molar-refractivity contribution >= 4 is 0 Å². The first-order valence-electron chi connectivity index (χ1n) is 6.12. The predicted molar refractivity (Wildman–Crippen MR) is 64.2 cm³/mol. The van der Waals surface area contributed by atoms with Crippen LogP contribution < -0.4 is 0 Å². The van der Waals surface area contributed by atoms with Crippen molar-refractivity contribution in [1.29, 1.82) is 0 Å². The number of aromatic nitrogens is 3. The topological polar surface area (TPSA) is 39.9 Å². The van der Waals surface area contributed by atoms with Crippen molar-refractivity contribution in [3.8, 4) is 5.69 Å². The van der Waals surface area contributed by atoms with Gasteiger partial charge in [0.1, 0.15) is 29.0 Å². The molecule has 4 nitrogen and oxygen atoms in total. The number of hydrogen-bond acceptors (Lipinski definition) is 3. The van der Waals surface area contributed by atoms with Gasteiger partial charge in [-0.3, -0.25) is 4.57 Å². The second kappa shape index (κ2) is 4.70. The summed E-state index contributed by atoms with van der Waals surface area (Å²) < 4.78 is 34.6. The van der Waals surface area contributed by atoms with Crippen molar-refractivity contribution < 1.29 is 13.5 Å². The van der Waals surface area contributed by atoms with E-state index in [0.29, 0.717) is 24.9 Å². The van der Waals surface area contributed by atoms with Gasteiger partial charge in [-0.05, 0) is 25.5 Å². The van der Waals surface area contributed by atoms with Gasteiger partial charge < -0.3 is 4.74 Å². The third-order valence-corrected chi connectivity index (χ3v) is 3.31. The van der Waals surface area contributed by atoms with Crippen molar-refractivity contribution in [2.45, 2.75) is 19.3 Å². The molecule has 1 aromatic heterocycles. The molecular weight excluding hydrogens is 252 g/mol. The molecule has 1 aliphatic heterocycles. The van der Waals surface area contributed by atoms with Crippen LogP contribution in [-0.4, -0.2) is 28.0 Å². The van der Waals surface area contributed by atoms with Gasteiger partial charge in [0.25, 0.3) is 0 Å². The number of halogens is 2. The molecule has 1 fully saturated rings. The summed E-state index contributed by atoms with van der Waals surface area (Å²) in [6, 6.07) is 3.80. The van der Waals surface area contributed by atoms with Crippen LogP contribution in [0.25, 0.3) is 5.69 Å². The first kappa shape index (κ1) is 12.2. The summed E-state index contributed by atoms with van der Waals surface area (Å²) in [4.78, 5) is 0. The minimum Gasteiger partial charge on any atom is -0.381 e. The predicted octanol–water partition coefficient (Wildman–Crippen LogP) is 2.36. The summed E-state index contributed by atoms with van der Waals surface area (Å²) in [7, 11) is 0. The summed E-state index contributed by atoms with van der Waals surface area (Å²) in [5.74, 6) is -0.198. The summed E-state index contributed by atoms with van der Waals surface area (Å²) >= 11 is 0. The Morgan fingerprint density at radius 3 is 2.63 bits per heavy atom. The minimum atomic E-state index is -0.622. The second-order valence-electron chi connectivity index (χ2n) is 4.57. The summed E-state index contributed by atoms with van der Waals surface area (Å²) in [5, 5.41) is 8.00. The molecule has 0 unspecified atom stereocenters. The van der Waals surface area contributed by atoms with Gasteiger partial charge in [-0.2, -0.15) is 0 Å². The summed E-state index contributed by atoms with van der Waals surface area (Å²) in [6.45, 7) is 2.82.